The van der Waals surface area contributed by atoms with Gasteiger partial charge in [0.2, 0.25) is 0 Å². The molecule has 0 bridgehead atoms. The van der Waals surface area contributed by atoms with Gasteiger partial charge in [0.1, 0.15) is 16.5 Å². The standard InChI is InChI=1S/C22H17F3N2O4S/c1-30-18-12-15(6-7-17(18)31-11-10-28)27-9-8-16-19(21(27)29)32-20(26-16)13-2-4-14(5-3-13)22(23,24)25/h2-7,10,12H,8-9,11H2,1H3. The zero-order valence-corrected chi connectivity index (χ0v) is 17.6. The smallest absolute Gasteiger partial charge is 0.416 e. The van der Waals surface area contributed by atoms with Gasteiger partial charge in [-0.15, -0.1) is 11.3 Å². The van der Waals surface area contributed by atoms with Crippen LogP contribution in [0.2, 0.25) is 0 Å². The third-order valence-corrected chi connectivity index (χ3v) is 6.07. The lowest BCUT2D eigenvalue weighted by molar-refractivity contribution is -0.137. The summed E-state index contributed by atoms with van der Waals surface area (Å²) in [6.07, 6.45) is -3.28. The Morgan fingerprint density at radius 3 is 2.56 bits per heavy atom. The first-order chi connectivity index (χ1) is 15.3. The van der Waals surface area contributed by atoms with E-state index in [9.17, 15) is 22.8 Å². The van der Waals surface area contributed by atoms with E-state index in [1.54, 1.807) is 23.1 Å². The van der Waals surface area contributed by atoms with Crippen LogP contribution in [0.15, 0.2) is 42.5 Å². The normalized spacial score (nSPS) is 13.6. The summed E-state index contributed by atoms with van der Waals surface area (Å²) in [5, 5.41) is 0.495. The van der Waals surface area contributed by atoms with Gasteiger partial charge in [0.15, 0.2) is 17.8 Å². The minimum absolute atomic E-state index is 0.116. The van der Waals surface area contributed by atoms with Crippen molar-refractivity contribution in [3.63, 3.8) is 0 Å². The number of hydrogen-bond donors (Lipinski definition) is 0. The maximum Gasteiger partial charge on any atom is 0.416 e. The molecule has 0 saturated heterocycles. The van der Waals surface area contributed by atoms with E-state index in [-0.39, 0.29) is 12.5 Å². The lowest BCUT2D eigenvalue weighted by Crippen LogP contribution is -2.36. The number of nitrogens with zero attached hydrogens (tertiary/aromatic N) is 2. The van der Waals surface area contributed by atoms with Crippen LogP contribution in [0.5, 0.6) is 11.5 Å². The molecule has 1 aromatic heterocycles. The Morgan fingerprint density at radius 1 is 1.16 bits per heavy atom. The Kier molecular flexibility index (Phi) is 5.88. The fourth-order valence-electron chi connectivity index (χ4n) is 3.37. The molecule has 2 aromatic carbocycles. The van der Waals surface area contributed by atoms with Crippen molar-refractivity contribution >= 4 is 29.2 Å². The summed E-state index contributed by atoms with van der Waals surface area (Å²) in [5.41, 5.74) is 1.01. The lowest BCUT2D eigenvalue weighted by atomic mass is 10.1. The van der Waals surface area contributed by atoms with Gasteiger partial charge in [-0.05, 0) is 24.3 Å². The first-order valence-electron chi connectivity index (χ1n) is 9.55. The quantitative estimate of drug-likeness (QED) is 0.500. The molecule has 0 N–H and O–H groups in total. The fraction of sp³-hybridized carbons (Fsp3) is 0.227. The molecule has 0 aliphatic carbocycles. The second kappa shape index (κ2) is 8.62. The number of methoxy groups -OCH3 is 1. The average molecular weight is 462 g/mol. The van der Waals surface area contributed by atoms with Crippen LogP contribution in [0.25, 0.3) is 10.6 Å². The van der Waals surface area contributed by atoms with E-state index in [1.807, 2.05) is 0 Å². The van der Waals surface area contributed by atoms with Crippen molar-refractivity contribution in [3.05, 3.63) is 58.6 Å². The zero-order valence-electron chi connectivity index (χ0n) is 16.8. The van der Waals surface area contributed by atoms with Crippen LogP contribution in [0.1, 0.15) is 20.9 Å². The third kappa shape index (κ3) is 4.18. The molecular formula is C22H17F3N2O4S. The summed E-state index contributed by atoms with van der Waals surface area (Å²) in [4.78, 5) is 30.2. The molecule has 0 saturated carbocycles. The molecule has 1 aliphatic rings. The molecule has 0 spiro atoms. The van der Waals surface area contributed by atoms with Gasteiger partial charge in [0.05, 0.1) is 18.4 Å². The van der Waals surface area contributed by atoms with Crippen molar-refractivity contribution in [2.24, 2.45) is 0 Å². The van der Waals surface area contributed by atoms with E-state index in [0.29, 0.717) is 57.6 Å². The summed E-state index contributed by atoms with van der Waals surface area (Å²) in [6, 6.07) is 9.70. The van der Waals surface area contributed by atoms with E-state index in [0.717, 1.165) is 23.5 Å². The maximum absolute atomic E-state index is 13.1. The highest BCUT2D eigenvalue weighted by Crippen LogP contribution is 2.37. The molecule has 0 fully saturated rings. The number of fused-ring (bicyclic) bond motifs is 1. The number of amides is 1. The molecule has 1 aliphatic heterocycles. The largest absolute Gasteiger partial charge is 0.493 e. The van der Waals surface area contributed by atoms with Crippen molar-refractivity contribution in [2.75, 3.05) is 25.2 Å². The van der Waals surface area contributed by atoms with Gasteiger partial charge in [-0.2, -0.15) is 13.2 Å². The predicted octanol–water partition coefficient (Wildman–Crippen LogP) is 4.62. The Hall–Kier alpha value is -3.40. The molecule has 6 nitrogen and oxygen atoms in total. The van der Waals surface area contributed by atoms with Gasteiger partial charge in [-0.25, -0.2) is 4.98 Å². The Morgan fingerprint density at radius 2 is 1.91 bits per heavy atom. The van der Waals surface area contributed by atoms with E-state index < -0.39 is 11.7 Å². The van der Waals surface area contributed by atoms with Crippen LogP contribution in [0.4, 0.5) is 18.9 Å². The molecular weight excluding hydrogens is 445 g/mol. The van der Waals surface area contributed by atoms with E-state index in [4.69, 9.17) is 9.47 Å². The highest BCUT2D eigenvalue weighted by Gasteiger charge is 2.32. The van der Waals surface area contributed by atoms with Crippen molar-refractivity contribution < 1.29 is 32.2 Å². The molecule has 2 heterocycles. The van der Waals surface area contributed by atoms with Crippen molar-refractivity contribution in [3.8, 4) is 22.1 Å². The van der Waals surface area contributed by atoms with Crippen LogP contribution < -0.4 is 14.4 Å². The number of ether oxygens (including phenoxy) is 2. The molecule has 0 radical (unpaired) electrons. The molecule has 0 atom stereocenters. The third-order valence-electron chi connectivity index (χ3n) is 4.93. The van der Waals surface area contributed by atoms with Crippen LogP contribution in [-0.2, 0) is 17.4 Å². The first kappa shape index (κ1) is 21.8. The van der Waals surface area contributed by atoms with Crippen LogP contribution in [0, 0.1) is 0 Å². The van der Waals surface area contributed by atoms with E-state index >= 15 is 0 Å². The van der Waals surface area contributed by atoms with Gasteiger partial charge in [0.25, 0.3) is 5.91 Å². The SMILES string of the molecule is COc1cc(N2CCc3nc(-c4ccc(C(F)(F)F)cc4)sc3C2=O)ccc1OCC=O. The van der Waals surface area contributed by atoms with E-state index in [2.05, 4.69) is 4.98 Å². The number of halogens is 3. The molecule has 3 aromatic rings. The number of aldehydes is 1. The molecule has 10 heteroatoms. The van der Waals surface area contributed by atoms with Crippen molar-refractivity contribution in [2.45, 2.75) is 12.6 Å². The molecule has 0 unspecified atom stereocenters. The zero-order chi connectivity index (χ0) is 22.9. The molecule has 166 valence electrons. The Labute approximate surface area is 185 Å². The fourth-order valence-corrected chi connectivity index (χ4v) is 4.44. The highest BCUT2D eigenvalue weighted by atomic mass is 32.1. The monoisotopic (exact) mass is 462 g/mol. The summed E-state index contributed by atoms with van der Waals surface area (Å²) in [7, 11) is 1.46. The highest BCUT2D eigenvalue weighted by molar-refractivity contribution is 7.17. The minimum atomic E-state index is -4.41. The number of rotatable bonds is 6. The molecule has 32 heavy (non-hydrogen) atoms. The van der Waals surface area contributed by atoms with Gasteiger partial charge in [-0.1, -0.05) is 12.1 Å². The van der Waals surface area contributed by atoms with Gasteiger partial charge in [0, 0.05) is 30.3 Å². The Balaban J connectivity index is 1.59. The number of anilines is 1. The van der Waals surface area contributed by atoms with E-state index in [1.165, 1.54) is 19.2 Å². The van der Waals surface area contributed by atoms with Crippen LogP contribution in [-0.4, -0.2) is 37.4 Å². The molecule has 4 rings (SSSR count). The van der Waals surface area contributed by atoms with Gasteiger partial charge in [-0.3, -0.25) is 9.59 Å². The summed E-state index contributed by atoms with van der Waals surface area (Å²) >= 11 is 1.15. The topological polar surface area (TPSA) is 68.7 Å². The van der Waals surface area contributed by atoms with Crippen molar-refractivity contribution in [1.82, 2.24) is 4.98 Å². The van der Waals surface area contributed by atoms with Gasteiger partial charge < -0.3 is 14.4 Å². The summed E-state index contributed by atoms with van der Waals surface area (Å²) < 4.78 is 49.0. The predicted molar refractivity (Wildman–Crippen MR) is 112 cm³/mol. The van der Waals surface area contributed by atoms with Crippen LogP contribution in [0.3, 0.4) is 0 Å². The number of carbonyl (C=O) groups excluding carboxylic acids is 2. The summed E-state index contributed by atoms with van der Waals surface area (Å²) in [5.74, 6) is 0.527. The van der Waals surface area contributed by atoms with Crippen LogP contribution >= 0.6 is 11.3 Å². The number of carbonyl (C=O) groups is 2. The Bertz CT molecular complexity index is 1160. The van der Waals surface area contributed by atoms with Gasteiger partial charge >= 0.3 is 6.18 Å². The molecule has 1 amide bonds. The van der Waals surface area contributed by atoms with Crippen molar-refractivity contribution in [1.29, 1.82) is 0 Å². The lowest BCUT2D eigenvalue weighted by Gasteiger charge is -2.26. The second-order valence-corrected chi connectivity index (χ2v) is 7.89. The average Bonchev–Trinajstić information content (AvgIpc) is 3.23. The maximum atomic E-state index is 13.1. The number of benzene rings is 2. The second-order valence-electron chi connectivity index (χ2n) is 6.89. The number of alkyl halides is 3. The number of hydrogen-bond acceptors (Lipinski definition) is 6. The number of thiazole rings is 1. The number of aromatic nitrogens is 1. The minimum Gasteiger partial charge on any atom is -0.493 e. The summed E-state index contributed by atoms with van der Waals surface area (Å²) in [6.45, 7) is 0.273. The first-order valence-corrected chi connectivity index (χ1v) is 10.4.